The predicted octanol–water partition coefficient (Wildman–Crippen LogP) is 5.76. The van der Waals surface area contributed by atoms with Gasteiger partial charge in [-0.2, -0.15) is 0 Å². The van der Waals surface area contributed by atoms with Gasteiger partial charge in [0.1, 0.15) is 0 Å². The van der Waals surface area contributed by atoms with Crippen LogP contribution in [0, 0.1) is 0 Å². The van der Waals surface area contributed by atoms with Crippen molar-refractivity contribution in [3.63, 3.8) is 0 Å². The van der Waals surface area contributed by atoms with Crippen LogP contribution in [0.2, 0.25) is 10.0 Å². The highest BCUT2D eigenvalue weighted by atomic mass is 35.5. The molecule has 26 heavy (non-hydrogen) atoms. The molecule has 1 aliphatic heterocycles. The normalized spacial score (nSPS) is 17.9. The first-order valence-corrected chi connectivity index (χ1v) is 10.4. The molecule has 2 atom stereocenters. The number of carbonyl (C=O) groups is 1. The van der Waals surface area contributed by atoms with Crippen LogP contribution in [0.1, 0.15) is 41.7 Å². The molecule has 0 bridgehead atoms. The van der Waals surface area contributed by atoms with Gasteiger partial charge in [-0.1, -0.05) is 41.4 Å². The van der Waals surface area contributed by atoms with Crippen LogP contribution in [0.15, 0.2) is 47.4 Å². The van der Waals surface area contributed by atoms with Crippen LogP contribution in [0.3, 0.4) is 0 Å². The number of halogens is 2. The molecule has 0 aromatic heterocycles. The molecule has 2 aromatic rings. The van der Waals surface area contributed by atoms with Gasteiger partial charge in [0.15, 0.2) is 0 Å². The molecule has 0 spiro atoms. The lowest BCUT2D eigenvalue weighted by molar-refractivity contribution is 0.0936. The van der Waals surface area contributed by atoms with E-state index >= 15 is 0 Å². The zero-order valence-corrected chi connectivity index (χ0v) is 16.8. The fourth-order valence-corrected chi connectivity index (χ4v) is 4.63. The molecule has 1 fully saturated rings. The maximum absolute atomic E-state index is 12.8. The van der Waals surface area contributed by atoms with Crippen molar-refractivity contribution in [1.82, 2.24) is 5.32 Å². The van der Waals surface area contributed by atoms with E-state index in [4.69, 9.17) is 27.9 Å². The lowest BCUT2D eigenvalue weighted by Gasteiger charge is -2.17. The summed E-state index contributed by atoms with van der Waals surface area (Å²) < 4.78 is 5.67. The van der Waals surface area contributed by atoms with E-state index in [0.29, 0.717) is 15.6 Å². The van der Waals surface area contributed by atoms with E-state index in [9.17, 15) is 4.79 Å². The number of thioether (sulfide) groups is 1. The highest BCUT2D eigenvalue weighted by molar-refractivity contribution is 7.99. The highest BCUT2D eigenvalue weighted by Crippen LogP contribution is 2.29. The summed E-state index contributed by atoms with van der Waals surface area (Å²) in [5, 5.41) is 4.15. The fourth-order valence-electron chi connectivity index (χ4n) is 2.94. The summed E-state index contributed by atoms with van der Waals surface area (Å²) in [7, 11) is 0. The fraction of sp³-hybridized carbons (Fsp3) is 0.350. The molecule has 0 radical (unpaired) electrons. The third-order valence-corrected chi connectivity index (χ3v) is 6.12. The van der Waals surface area contributed by atoms with E-state index in [1.165, 1.54) is 0 Å². The van der Waals surface area contributed by atoms with Crippen molar-refractivity contribution < 1.29 is 9.53 Å². The Bertz CT molecular complexity index is 778. The average molecular weight is 410 g/mol. The van der Waals surface area contributed by atoms with E-state index in [-0.39, 0.29) is 18.1 Å². The van der Waals surface area contributed by atoms with Gasteiger partial charge in [-0.05, 0) is 49.6 Å². The molecule has 1 N–H and O–H groups in total. The van der Waals surface area contributed by atoms with Gasteiger partial charge in [0.05, 0.1) is 17.7 Å². The Kier molecular flexibility index (Phi) is 6.87. The minimum Gasteiger partial charge on any atom is -0.377 e. The molecule has 6 heteroatoms. The molecule has 0 aliphatic carbocycles. The van der Waals surface area contributed by atoms with Gasteiger partial charge in [0, 0.05) is 27.3 Å². The van der Waals surface area contributed by atoms with Crippen LogP contribution in [0.25, 0.3) is 0 Å². The van der Waals surface area contributed by atoms with Gasteiger partial charge in [-0.15, -0.1) is 11.8 Å². The standard InChI is InChI=1S/C20H21Cl2NO2S/c1-13(16-9-8-14(21)11-18(16)22)23-20(24)17-6-2-3-7-19(17)26-12-15-5-4-10-25-15/h2-3,6-9,11,13,15H,4-5,10,12H2,1H3,(H,23,24). The number of nitrogens with one attached hydrogen (secondary N) is 1. The van der Waals surface area contributed by atoms with Crippen molar-refractivity contribution in [3.05, 3.63) is 63.6 Å². The third-order valence-electron chi connectivity index (χ3n) is 4.36. The Hall–Kier alpha value is -1.20. The summed E-state index contributed by atoms with van der Waals surface area (Å²) in [6.45, 7) is 2.75. The number of amides is 1. The molecule has 138 valence electrons. The van der Waals surface area contributed by atoms with Crippen molar-refractivity contribution in [3.8, 4) is 0 Å². The maximum Gasteiger partial charge on any atom is 0.252 e. The van der Waals surface area contributed by atoms with Gasteiger partial charge in [-0.25, -0.2) is 0 Å². The zero-order valence-electron chi connectivity index (χ0n) is 14.5. The molecule has 3 rings (SSSR count). The van der Waals surface area contributed by atoms with E-state index in [1.54, 1.807) is 23.9 Å². The Balaban J connectivity index is 1.68. The first kappa shape index (κ1) is 19.6. The van der Waals surface area contributed by atoms with Crippen LogP contribution < -0.4 is 5.32 Å². The summed E-state index contributed by atoms with van der Waals surface area (Å²) in [4.78, 5) is 13.8. The van der Waals surface area contributed by atoms with E-state index in [1.807, 2.05) is 37.3 Å². The van der Waals surface area contributed by atoms with Crippen LogP contribution >= 0.6 is 35.0 Å². The number of hydrogen-bond acceptors (Lipinski definition) is 3. The molecule has 2 unspecified atom stereocenters. The van der Waals surface area contributed by atoms with Crippen LogP contribution in [0.4, 0.5) is 0 Å². The van der Waals surface area contributed by atoms with Crippen molar-refractivity contribution in [2.24, 2.45) is 0 Å². The number of rotatable bonds is 6. The Morgan fingerprint density at radius 3 is 2.85 bits per heavy atom. The van der Waals surface area contributed by atoms with Gasteiger partial charge >= 0.3 is 0 Å². The number of ether oxygens (including phenoxy) is 1. The van der Waals surface area contributed by atoms with E-state index in [2.05, 4.69) is 5.32 Å². The first-order chi connectivity index (χ1) is 12.5. The smallest absolute Gasteiger partial charge is 0.252 e. The lowest BCUT2D eigenvalue weighted by Crippen LogP contribution is -2.27. The second-order valence-corrected chi connectivity index (χ2v) is 8.21. The largest absolute Gasteiger partial charge is 0.377 e. The number of benzene rings is 2. The molecule has 1 saturated heterocycles. The van der Waals surface area contributed by atoms with E-state index in [0.717, 1.165) is 35.7 Å². The van der Waals surface area contributed by atoms with Crippen molar-refractivity contribution in [1.29, 1.82) is 0 Å². The minimum atomic E-state index is -0.219. The monoisotopic (exact) mass is 409 g/mol. The number of carbonyl (C=O) groups excluding carboxylic acids is 1. The summed E-state index contributed by atoms with van der Waals surface area (Å²) >= 11 is 13.9. The molecule has 0 saturated carbocycles. The second-order valence-electron chi connectivity index (χ2n) is 6.30. The first-order valence-electron chi connectivity index (χ1n) is 8.64. The molecule has 1 aliphatic rings. The maximum atomic E-state index is 12.8. The van der Waals surface area contributed by atoms with Crippen molar-refractivity contribution in [2.45, 2.75) is 36.8 Å². The topological polar surface area (TPSA) is 38.3 Å². The highest BCUT2D eigenvalue weighted by Gasteiger charge is 2.19. The lowest BCUT2D eigenvalue weighted by atomic mass is 10.1. The quantitative estimate of drug-likeness (QED) is 0.616. The molecule has 3 nitrogen and oxygen atoms in total. The molecule has 1 heterocycles. The Morgan fingerprint density at radius 2 is 2.12 bits per heavy atom. The molecular weight excluding hydrogens is 389 g/mol. The number of hydrogen-bond donors (Lipinski definition) is 1. The van der Waals surface area contributed by atoms with Crippen LogP contribution in [0.5, 0.6) is 0 Å². The van der Waals surface area contributed by atoms with Gasteiger partial charge in [-0.3, -0.25) is 4.79 Å². The minimum absolute atomic E-state index is 0.112. The van der Waals surface area contributed by atoms with Gasteiger partial charge in [0.2, 0.25) is 0 Å². The third kappa shape index (κ3) is 4.95. The van der Waals surface area contributed by atoms with Crippen LogP contribution in [-0.2, 0) is 4.74 Å². The summed E-state index contributed by atoms with van der Waals surface area (Å²) in [5.74, 6) is 0.752. The van der Waals surface area contributed by atoms with Crippen LogP contribution in [-0.4, -0.2) is 24.4 Å². The Labute approximate surface area is 168 Å². The van der Waals surface area contributed by atoms with Gasteiger partial charge < -0.3 is 10.1 Å². The Morgan fingerprint density at radius 1 is 1.31 bits per heavy atom. The van der Waals surface area contributed by atoms with Crippen molar-refractivity contribution >= 4 is 40.9 Å². The summed E-state index contributed by atoms with van der Waals surface area (Å²) in [6, 6.07) is 12.7. The predicted molar refractivity (Wildman–Crippen MR) is 108 cm³/mol. The van der Waals surface area contributed by atoms with Gasteiger partial charge in [0.25, 0.3) is 5.91 Å². The van der Waals surface area contributed by atoms with Crippen molar-refractivity contribution in [2.75, 3.05) is 12.4 Å². The molecule has 2 aromatic carbocycles. The zero-order chi connectivity index (χ0) is 18.5. The summed E-state index contributed by atoms with van der Waals surface area (Å²) in [5.41, 5.74) is 1.52. The molecule has 1 amide bonds. The molecular formula is C20H21Cl2NO2S. The average Bonchev–Trinajstić information content (AvgIpc) is 3.13. The SMILES string of the molecule is CC(NC(=O)c1ccccc1SCC1CCCO1)c1ccc(Cl)cc1Cl. The summed E-state index contributed by atoms with van der Waals surface area (Å²) in [6.07, 6.45) is 2.49. The van der Waals surface area contributed by atoms with E-state index < -0.39 is 0 Å². The second kappa shape index (κ2) is 9.14.